The van der Waals surface area contributed by atoms with E-state index in [9.17, 15) is 13.2 Å². The third kappa shape index (κ3) is 4.91. The molecule has 1 atom stereocenters. The average Bonchev–Trinajstić information content (AvgIpc) is 3.19. The van der Waals surface area contributed by atoms with Gasteiger partial charge in [-0.25, -0.2) is 8.42 Å². The van der Waals surface area contributed by atoms with Crippen LogP contribution in [0.5, 0.6) is 0 Å². The molecule has 2 fully saturated rings. The summed E-state index contributed by atoms with van der Waals surface area (Å²) in [4.78, 5) is 12.1. The first-order valence-electron chi connectivity index (χ1n) is 8.81. The molecule has 0 spiro atoms. The third-order valence-corrected chi connectivity index (χ3v) is 6.36. The Labute approximate surface area is 154 Å². The van der Waals surface area contributed by atoms with Gasteiger partial charge in [-0.2, -0.15) is 4.31 Å². The summed E-state index contributed by atoms with van der Waals surface area (Å²) in [6, 6.07) is 6.51. The molecule has 1 amide bonds. The van der Waals surface area contributed by atoms with Crippen LogP contribution in [0.3, 0.4) is 0 Å². The summed E-state index contributed by atoms with van der Waals surface area (Å²) in [5.74, 6) is -0.189. The summed E-state index contributed by atoms with van der Waals surface area (Å²) in [5.41, 5.74) is 0.762. The van der Waals surface area contributed by atoms with Crippen molar-refractivity contribution in [2.24, 2.45) is 0 Å². The first-order chi connectivity index (χ1) is 12.6. The monoisotopic (exact) mass is 380 g/mol. The number of sulfonamides is 1. The molecule has 0 bridgehead atoms. The van der Waals surface area contributed by atoms with E-state index in [1.54, 1.807) is 30.3 Å². The lowest BCUT2D eigenvalue weighted by molar-refractivity contribution is -0.116. The van der Waals surface area contributed by atoms with Crippen LogP contribution >= 0.6 is 0 Å². The van der Waals surface area contributed by atoms with Gasteiger partial charge in [0.25, 0.3) is 0 Å². The number of hydrogen-bond acceptors (Lipinski definition) is 5. The number of nitrogens with one attached hydrogen (secondary N) is 1. The maximum Gasteiger partial charge on any atom is 0.244 e. The van der Waals surface area contributed by atoms with Gasteiger partial charge in [0.1, 0.15) is 0 Å². The zero-order chi connectivity index (χ0) is 18.4. The van der Waals surface area contributed by atoms with Crippen molar-refractivity contribution in [3.05, 3.63) is 35.9 Å². The van der Waals surface area contributed by atoms with Crippen molar-refractivity contribution in [2.75, 3.05) is 39.5 Å². The van der Waals surface area contributed by atoms with Gasteiger partial charge in [-0.05, 0) is 36.6 Å². The van der Waals surface area contributed by atoms with Crippen LogP contribution in [0.4, 0.5) is 0 Å². The molecule has 1 unspecified atom stereocenters. The minimum atomic E-state index is -3.49. The van der Waals surface area contributed by atoms with Crippen molar-refractivity contribution >= 4 is 22.0 Å². The fraction of sp³-hybridized carbons (Fsp3) is 0.500. The van der Waals surface area contributed by atoms with Crippen molar-refractivity contribution in [3.63, 3.8) is 0 Å². The molecular weight excluding hydrogens is 356 g/mol. The normalized spacial score (nSPS) is 21.9. The standard InChI is InChI=1S/C18H24N2O5S/c21-18(19-14-16-2-1-11-25-16)8-5-15-3-6-17(7-4-15)26(22,23)20-9-12-24-13-10-20/h3-8,16H,1-2,9-14H2,(H,19,21). The third-order valence-electron chi connectivity index (χ3n) is 4.44. The summed E-state index contributed by atoms with van der Waals surface area (Å²) in [5, 5.41) is 2.81. The summed E-state index contributed by atoms with van der Waals surface area (Å²) in [7, 11) is -3.49. The number of morpholine rings is 1. The van der Waals surface area contributed by atoms with Crippen LogP contribution in [-0.4, -0.2) is 64.2 Å². The number of ether oxygens (including phenoxy) is 2. The second-order valence-electron chi connectivity index (χ2n) is 6.30. The largest absolute Gasteiger partial charge is 0.379 e. The number of benzene rings is 1. The number of rotatable bonds is 6. The Hall–Kier alpha value is -1.74. The van der Waals surface area contributed by atoms with Gasteiger partial charge in [-0.3, -0.25) is 4.79 Å². The van der Waals surface area contributed by atoms with E-state index in [0.29, 0.717) is 32.8 Å². The molecule has 0 saturated carbocycles. The molecular formula is C18H24N2O5S. The fourth-order valence-corrected chi connectivity index (χ4v) is 4.35. The van der Waals surface area contributed by atoms with E-state index in [2.05, 4.69) is 5.32 Å². The predicted octanol–water partition coefficient (Wildman–Crippen LogP) is 1.02. The molecule has 142 valence electrons. The van der Waals surface area contributed by atoms with Crippen LogP contribution in [-0.2, 0) is 24.3 Å². The SMILES string of the molecule is O=C(C=Cc1ccc(S(=O)(=O)N2CCOCC2)cc1)NCC1CCCO1. The second kappa shape index (κ2) is 8.77. The molecule has 0 aromatic heterocycles. The molecule has 7 nitrogen and oxygen atoms in total. The molecule has 1 N–H and O–H groups in total. The average molecular weight is 380 g/mol. The second-order valence-corrected chi connectivity index (χ2v) is 8.24. The molecule has 1 aromatic carbocycles. The molecule has 2 aliphatic heterocycles. The topological polar surface area (TPSA) is 84.9 Å². The van der Waals surface area contributed by atoms with Gasteiger partial charge >= 0.3 is 0 Å². The molecule has 0 aliphatic carbocycles. The first kappa shape index (κ1) is 19.0. The smallest absolute Gasteiger partial charge is 0.244 e. The first-order valence-corrected chi connectivity index (χ1v) is 10.3. The van der Waals surface area contributed by atoms with Gasteiger partial charge in [-0.1, -0.05) is 12.1 Å². The van der Waals surface area contributed by atoms with E-state index in [1.807, 2.05) is 0 Å². The molecule has 2 aliphatic rings. The van der Waals surface area contributed by atoms with Crippen molar-refractivity contribution in [1.29, 1.82) is 0 Å². The Bertz CT molecular complexity index is 733. The van der Waals surface area contributed by atoms with E-state index < -0.39 is 10.0 Å². The van der Waals surface area contributed by atoms with E-state index >= 15 is 0 Å². The highest BCUT2D eigenvalue weighted by Gasteiger charge is 2.25. The zero-order valence-electron chi connectivity index (χ0n) is 14.6. The summed E-state index contributed by atoms with van der Waals surface area (Å²) >= 11 is 0. The maximum absolute atomic E-state index is 12.6. The summed E-state index contributed by atoms with van der Waals surface area (Å²) in [6.07, 6.45) is 5.23. The molecule has 26 heavy (non-hydrogen) atoms. The van der Waals surface area contributed by atoms with Gasteiger partial charge in [0.2, 0.25) is 15.9 Å². The highest BCUT2D eigenvalue weighted by molar-refractivity contribution is 7.89. The zero-order valence-corrected chi connectivity index (χ0v) is 15.4. The summed E-state index contributed by atoms with van der Waals surface area (Å²) < 4.78 is 37.2. The number of carbonyl (C=O) groups excluding carboxylic acids is 1. The minimum Gasteiger partial charge on any atom is -0.379 e. The quantitative estimate of drug-likeness (QED) is 0.745. The van der Waals surface area contributed by atoms with Crippen LogP contribution in [0.15, 0.2) is 35.2 Å². The van der Waals surface area contributed by atoms with Gasteiger partial charge in [0, 0.05) is 32.3 Å². The van der Waals surface area contributed by atoms with Crippen molar-refractivity contribution < 1.29 is 22.7 Å². The predicted molar refractivity (Wildman–Crippen MR) is 97.0 cm³/mol. The van der Waals surface area contributed by atoms with Gasteiger partial charge in [0.15, 0.2) is 0 Å². The fourth-order valence-electron chi connectivity index (χ4n) is 2.94. The number of hydrogen-bond donors (Lipinski definition) is 1. The molecule has 2 heterocycles. The maximum atomic E-state index is 12.6. The molecule has 3 rings (SSSR count). The molecule has 1 aromatic rings. The number of amides is 1. The van der Waals surface area contributed by atoms with Crippen LogP contribution in [0.1, 0.15) is 18.4 Å². The van der Waals surface area contributed by atoms with E-state index in [-0.39, 0.29) is 16.9 Å². The molecule has 8 heteroatoms. The van der Waals surface area contributed by atoms with Crippen LogP contribution in [0, 0.1) is 0 Å². The van der Waals surface area contributed by atoms with Gasteiger partial charge in [0.05, 0.1) is 24.2 Å². The Morgan fingerprint density at radius 2 is 1.92 bits per heavy atom. The van der Waals surface area contributed by atoms with Crippen molar-refractivity contribution in [1.82, 2.24) is 9.62 Å². The molecule has 0 radical (unpaired) electrons. The summed E-state index contributed by atoms with van der Waals surface area (Å²) in [6.45, 7) is 2.85. The lowest BCUT2D eigenvalue weighted by Gasteiger charge is -2.26. The highest BCUT2D eigenvalue weighted by Crippen LogP contribution is 2.18. The number of carbonyl (C=O) groups is 1. The Morgan fingerprint density at radius 3 is 2.58 bits per heavy atom. The highest BCUT2D eigenvalue weighted by atomic mass is 32.2. The van der Waals surface area contributed by atoms with E-state index in [1.165, 1.54) is 10.4 Å². The minimum absolute atomic E-state index is 0.108. The lowest BCUT2D eigenvalue weighted by atomic mass is 10.2. The van der Waals surface area contributed by atoms with Gasteiger partial charge < -0.3 is 14.8 Å². The van der Waals surface area contributed by atoms with Crippen LogP contribution in [0.25, 0.3) is 6.08 Å². The van der Waals surface area contributed by atoms with Crippen LogP contribution < -0.4 is 5.32 Å². The lowest BCUT2D eigenvalue weighted by Crippen LogP contribution is -2.40. The Balaban J connectivity index is 1.55. The van der Waals surface area contributed by atoms with Crippen molar-refractivity contribution in [3.8, 4) is 0 Å². The van der Waals surface area contributed by atoms with E-state index in [4.69, 9.17) is 9.47 Å². The molecule has 2 saturated heterocycles. The number of nitrogens with zero attached hydrogens (tertiary/aromatic N) is 1. The van der Waals surface area contributed by atoms with E-state index in [0.717, 1.165) is 25.0 Å². The van der Waals surface area contributed by atoms with Crippen molar-refractivity contribution in [2.45, 2.75) is 23.8 Å². The van der Waals surface area contributed by atoms with Crippen LogP contribution in [0.2, 0.25) is 0 Å². The Morgan fingerprint density at radius 1 is 1.19 bits per heavy atom. The van der Waals surface area contributed by atoms with Gasteiger partial charge in [-0.15, -0.1) is 0 Å². The Kier molecular flexibility index (Phi) is 6.42.